The summed E-state index contributed by atoms with van der Waals surface area (Å²) in [6.07, 6.45) is 0.478. The number of likely N-dealkylation sites (N-methyl/N-ethyl adjacent to an activating group) is 1. The number of nitrogens with one attached hydrogen (secondary N) is 1. The van der Waals surface area contributed by atoms with E-state index in [9.17, 15) is 9.59 Å². The van der Waals surface area contributed by atoms with Gasteiger partial charge >= 0.3 is 0 Å². The number of ketones is 1. The lowest BCUT2D eigenvalue weighted by atomic mass is 10.0. The van der Waals surface area contributed by atoms with Crippen LogP contribution in [-0.2, 0) is 4.79 Å². The van der Waals surface area contributed by atoms with Crippen LogP contribution in [0.3, 0.4) is 0 Å². The van der Waals surface area contributed by atoms with Crippen LogP contribution in [0.5, 0.6) is 0 Å². The summed E-state index contributed by atoms with van der Waals surface area (Å²) >= 11 is 0. The molecule has 4 nitrogen and oxygen atoms in total. The summed E-state index contributed by atoms with van der Waals surface area (Å²) in [5, 5.41) is 2.90. The molecule has 0 aromatic heterocycles. The summed E-state index contributed by atoms with van der Waals surface area (Å²) in [7, 11) is 3.96. The third kappa shape index (κ3) is 5.26. The molecule has 0 saturated heterocycles. The highest BCUT2D eigenvalue weighted by Gasteiger charge is 2.21. The SMILES string of the molecule is Cc1ccc(C(=O)CCC(=O)NCC(C)(C)N(C)C)cc1C. The molecule has 0 fully saturated rings. The molecule has 0 radical (unpaired) electrons. The number of hydrogen-bond donors (Lipinski definition) is 1. The van der Waals surface area contributed by atoms with Gasteiger partial charge in [0.25, 0.3) is 0 Å². The van der Waals surface area contributed by atoms with Crippen LogP contribution >= 0.6 is 0 Å². The van der Waals surface area contributed by atoms with Gasteiger partial charge < -0.3 is 10.2 Å². The zero-order chi connectivity index (χ0) is 16.9. The number of nitrogens with zero attached hydrogens (tertiary/aromatic N) is 1. The first kappa shape index (κ1) is 18.4. The van der Waals surface area contributed by atoms with Crippen molar-refractivity contribution in [1.29, 1.82) is 0 Å². The summed E-state index contributed by atoms with van der Waals surface area (Å²) in [6, 6.07) is 5.67. The van der Waals surface area contributed by atoms with Crippen molar-refractivity contribution in [3.05, 3.63) is 34.9 Å². The Kier molecular flexibility index (Phi) is 6.30. The lowest BCUT2D eigenvalue weighted by molar-refractivity contribution is -0.121. The second-order valence-electron chi connectivity index (χ2n) is 6.71. The first-order chi connectivity index (χ1) is 10.1. The minimum Gasteiger partial charge on any atom is -0.354 e. The number of carbonyl (C=O) groups excluding carboxylic acids is 2. The summed E-state index contributed by atoms with van der Waals surface area (Å²) in [4.78, 5) is 26.1. The molecule has 1 aromatic rings. The van der Waals surface area contributed by atoms with E-state index in [2.05, 4.69) is 24.1 Å². The number of aryl methyl sites for hydroxylation is 2. The molecular weight excluding hydrogens is 276 g/mol. The Labute approximate surface area is 133 Å². The van der Waals surface area contributed by atoms with Gasteiger partial charge in [0.2, 0.25) is 5.91 Å². The van der Waals surface area contributed by atoms with E-state index in [1.165, 1.54) is 5.56 Å². The number of carbonyl (C=O) groups is 2. The fourth-order valence-corrected chi connectivity index (χ4v) is 1.85. The molecule has 0 aliphatic carbocycles. The number of amides is 1. The fraction of sp³-hybridized carbons (Fsp3) is 0.556. The maximum atomic E-state index is 12.1. The van der Waals surface area contributed by atoms with Crippen LogP contribution in [0.15, 0.2) is 18.2 Å². The van der Waals surface area contributed by atoms with Gasteiger partial charge in [-0.1, -0.05) is 12.1 Å². The molecule has 1 N–H and O–H groups in total. The van der Waals surface area contributed by atoms with E-state index in [1.54, 1.807) is 0 Å². The molecule has 0 aliphatic rings. The maximum absolute atomic E-state index is 12.1. The minimum atomic E-state index is -0.103. The fourth-order valence-electron chi connectivity index (χ4n) is 1.85. The normalized spacial score (nSPS) is 11.6. The number of Topliss-reactive ketones (excluding diaryl/α,β-unsaturated/α-hetero) is 1. The third-order valence-electron chi connectivity index (χ3n) is 4.34. The molecule has 1 aromatic carbocycles. The van der Waals surface area contributed by atoms with Gasteiger partial charge in [-0.3, -0.25) is 9.59 Å². The molecule has 0 unspecified atom stereocenters. The van der Waals surface area contributed by atoms with Gasteiger partial charge in [-0.15, -0.1) is 0 Å². The van der Waals surface area contributed by atoms with Crippen LogP contribution in [0.25, 0.3) is 0 Å². The number of benzene rings is 1. The standard InChI is InChI=1S/C18H28N2O2/c1-13-7-8-15(11-14(13)2)16(21)9-10-17(22)19-12-18(3,4)20(5)6/h7-8,11H,9-10,12H2,1-6H3,(H,19,22). The Hall–Kier alpha value is -1.68. The second kappa shape index (κ2) is 7.54. The first-order valence-corrected chi connectivity index (χ1v) is 7.68. The molecule has 4 heteroatoms. The van der Waals surface area contributed by atoms with Crippen molar-refractivity contribution in [3.8, 4) is 0 Å². The molecular formula is C18H28N2O2. The van der Waals surface area contributed by atoms with Gasteiger partial charge in [-0.2, -0.15) is 0 Å². The molecule has 22 heavy (non-hydrogen) atoms. The summed E-state index contributed by atoms with van der Waals surface area (Å²) in [6.45, 7) is 8.70. The van der Waals surface area contributed by atoms with Gasteiger partial charge in [0.15, 0.2) is 5.78 Å². The molecule has 0 aliphatic heterocycles. The van der Waals surface area contributed by atoms with Gasteiger partial charge in [0.1, 0.15) is 0 Å². The van der Waals surface area contributed by atoms with Crippen molar-refractivity contribution in [2.75, 3.05) is 20.6 Å². The average Bonchev–Trinajstić information content (AvgIpc) is 2.45. The molecule has 0 saturated carbocycles. The number of rotatable bonds is 7. The predicted octanol–water partition coefficient (Wildman–Crippen LogP) is 2.72. The smallest absolute Gasteiger partial charge is 0.220 e. The summed E-state index contributed by atoms with van der Waals surface area (Å²) < 4.78 is 0. The maximum Gasteiger partial charge on any atom is 0.220 e. The van der Waals surface area contributed by atoms with Gasteiger partial charge in [-0.25, -0.2) is 0 Å². The lowest BCUT2D eigenvalue weighted by Crippen LogP contribution is -2.48. The zero-order valence-electron chi connectivity index (χ0n) is 14.6. The van der Waals surface area contributed by atoms with E-state index in [1.807, 2.05) is 46.1 Å². The van der Waals surface area contributed by atoms with Crippen LogP contribution in [-0.4, -0.2) is 42.8 Å². The monoisotopic (exact) mass is 304 g/mol. The van der Waals surface area contributed by atoms with Crippen LogP contribution in [0.4, 0.5) is 0 Å². The Balaban J connectivity index is 2.47. The highest BCUT2D eigenvalue weighted by atomic mass is 16.2. The Bertz CT molecular complexity index is 548. The van der Waals surface area contributed by atoms with Crippen molar-refractivity contribution in [2.45, 2.75) is 46.1 Å². The van der Waals surface area contributed by atoms with Crippen molar-refractivity contribution in [1.82, 2.24) is 10.2 Å². The van der Waals surface area contributed by atoms with E-state index in [4.69, 9.17) is 0 Å². The molecule has 1 amide bonds. The minimum absolute atomic E-state index is 0.0186. The van der Waals surface area contributed by atoms with Crippen molar-refractivity contribution in [3.63, 3.8) is 0 Å². The molecule has 1 rings (SSSR count). The molecule has 0 heterocycles. The van der Waals surface area contributed by atoms with Gasteiger partial charge in [0.05, 0.1) is 0 Å². The Morgan fingerprint density at radius 3 is 2.27 bits per heavy atom. The first-order valence-electron chi connectivity index (χ1n) is 7.68. The van der Waals surface area contributed by atoms with E-state index in [-0.39, 0.29) is 30.1 Å². The third-order valence-corrected chi connectivity index (χ3v) is 4.34. The van der Waals surface area contributed by atoms with E-state index >= 15 is 0 Å². The van der Waals surface area contributed by atoms with Crippen LogP contribution in [0, 0.1) is 13.8 Å². The van der Waals surface area contributed by atoms with Crippen LogP contribution in [0.2, 0.25) is 0 Å². The van der Waals surface area contributed by atoms with Crippen LogP contribution in [0.1, 0.15) is 48.2 Å². The topological polar surface area (TPSA) is 49.4 Å². The lowest BCUT2D eigenvalue weighted by Gasteiger charge is -2.32. The zero-order valence-corrected chi connectivity index (χ0v) is 14.6. The second-order valence-corrected chi connectivity index (χ2v) is 6.71. The van der Waals surface area contributed by atoms with Crippen LogP contribution < -0.4 is 5.32 Å². The quantitative estimate of drug-likeness (QED) is 0.788. The molecule has 122 valence electrons. The summed E-state index contributed by atoms with van der Waals surface area (Å²) in [5.41, 5.74) is 2.85. The van der Waals surface area contributed by atoms with Gasteiger partial charge in [0, 0.05) is 30.5 Å². The predicted molar refractivity (Wildman–Crippen MR) is 90.3 cm³/mol. The highest BCUT2D eigenvalue weighted by molar-refractivity contribution is 5.98. The van der Waals surface area contributed by atoms with Gasteiger partial charge in [-0.05, 0) is 59.0 Å². The Morgan fingerprint density at radius 1 is 1.09 bits per heavy atom. The van der Waals surface area contributed by atoms with E-state index in [0.29, 0.717) is 12.1 Å². The largest absolute Gasteiger partial charge is 0.354 e. The van der Waals surface area contributed by atoms with Crippen molar-refractivity contribution < 1.29 is 9.59 Å². The molecule has 0 bridgehead atoms. The van der Waals surface area contributed by atoms with E-state index in [0.717, 1.165) is 5.56 Å². The van der Waals surface area contributed by atoms with E-state index < -0.39 is 0 Å². The highest BCUT2D eigenvalue weighted by Crippen LogP contribution is 2.13. The summed E-state index contributed by atoms with van der Waals surface area (Å²) in [5.74, 6) is -0.0581. The average molecular weight is 304 g/mol. The van der Waals surface area contributed by atoms with Crippen molar-refractivity contribution in [2.24, 2.45) is 0 Å². The Morgan fingerprint density at radius 2 is 1.73 bits per heavy atom. The number of hydrogen-bond acceptors (Lipinski definition) is 3. The van der Waals surface area contributed by atoms with Crippen molar-refractivity contribution >= 4 is 11.7 Å². The molecule has 0 spiro atoms. The molecule has 0 atom stereocenters.